The van der Waals surface area contributed by atoms with Gasteiger partial charge in [0, 0.05) is 12.3 Å². The molecule has 0 bridgehead atoms. The number of rotatable bonds is 5. The van der Waals surface area contributed by atoms with Gasteiger partial charge in [0.15, 0.2) is 0 Å². The molecule has 1 saturated carbocycles. The van der Waals surface area contributed by atoms with Crippen molar-refractivity contribution in [2.45, 2.75) is 50.6 Å². The second-order valence-electron chi connectivity index (χ2n) is 4.87. The fourth-order valence-corrected chi connectivity index (χ4v) is 2.71. The van der Waals surface area contributed by atoms with Gasteiger partial charge in [0.25, 0.3) is 0 Å². The van der Waals surface area contributed by atoms with Gasteiger partial charge in [-0.05, 0) is 19.3 Å². The highest BCUT2D eigenvalue weighted by molar-refractivity contribution is 7.90. The largest absolute Gasteiger partial charge is 0.352 e. The van der Waals surface area contributed by atoms with Crippen LogP contribution in [0.15, 0.2) is 0 Å². The quantitative estimate of drug-likeness (QED) is 0.740. The number of hydrogen-bond donors (Lipinski definition) is 2. The minimum absolute atomic E-state index is 0.0355. The van der Waals surface area contributed by atoms with Crippen molar-refractivity contribution < 1.29 is 13.2 Å². The highest BCUT2D eigenvalue weighted by Crippen LogP contribution is 2.17. The van der Waals surface area contributed by atoms with Crippen LogP contribution in [-0.2, 0) is 14.6 Å². The molecule has 100 valence electrons. The Morgan fingerprint density at radius 1 is 1.35 bits per heavy atom. The number of nitrogens with two attached hydrogens (primary N) is 1. The van der Waals surface area contributed by atoms with E-state index in [-0.39, 0.29) is 24.1 Å². The van der Waals surface area contributed by atoms with Crippen molar-refractivity contribution in [1.29, 1.82) is 0 Å². The molecule has 17 heavy (non-hydrogen) atoms. The number of nitrogens with one attached hydrogen (secondary N) is 1. The number of carbonyl (C=O) groups excluding carboxylic acids is 1. The first-order chi connectivity index (χ1) is 7.88. The molecule has 6 heteroatoms. The Morgan fingerprint density at radius 2 is 1.94 bits per heavy atom. The van der Waals surface area contributed by atoms with E-state index < -0.39 is 15.9 Å². The molecule has 0 heterocycles. The zero-order chi connectivity index (χ0) is 12.9. The average Bonchev–Trinajstić information content (AvgIpc) is 2.26. The SMILES string of the molecule is CS(=O)(=O)CCC(N)C(=O)NC1CCCCC1. The zero-order valence-electron chi connectivity index (χ0n) is 10.3. The van der Waals surface area contributed by atoms with Crippen LogP contribution < -0.4 is 11.1 Å². The number of sulfone groups is 1. The predicted octanol–water partition coefficient (Wildman–Crippen LogP) is 0.197. The Kier molecular flexibility index (Phi) is 5.39. The second kappa shape index (κ2) is 6.35. The van der Waals surface area contributed by atoms with Crippen molar-refractivity contribution in [3.05, 3.63) is 0 Å². The lowest BCUT2D eigenvalue weighted by molar-refractivity contribution is -0.123. The van der Waals surface area contributed by atoms with Crippen LogP contribution in [0.4, 0.5) is 0 Å². The van der Waals surface area contributed by atoms with E-state index in [0.717, 1.165) is 31.9 Å². The van der Waals surface area contributed by atoms with Gasteiger partial charge in [-0.15, -0.1) is 0 Å². The van der Waals surface area contributed by atoms with Gasteiger partial charge in [-0.3, -0.25) is 4.79 Å². The summed E-state index contributed by atoms with van der Waals surface area (Å²) in [5.74, 6) is -0.257. The summed E-state index contributed by atoms with van der Waals surface area (Å²) in [5, 5.41) is 2.90. The van der Waals surface area contributed by atoms with Crippen LogP contribution in [0, 0.1) is 0 Å². The third-order valence-corrected chi connectivity index (χ3v) is 4.07. The van der Waals surface area contributed by atoms with E-state index in [1.165, 1.54) is 6.42 Å². The van der Waals surface area contributed by atoms with Gasteiger partial charge in [-0.2, -0.15) is 0 Å². The van der Waals surface area contributed by atoms with Crippen molar-refractivity contribution in [2.24, 2.45) is 5.73 Å². The van der Waals surface area contributed by atoms with Gasteiger partial charge < -0.3 is 11.1 Å². The van der Waals surface area contributed by atoms with Crippen molar-refractivity contribution in [1.82, 2.24) is 5.32 Å². The first-order valence-electron chi connectivity index (χ1n) is 6.12. The minimum atomic E-state index is -3.05. The topological polar surface area (TPSA) is 89.3 Å². The Hall–Kier alpha value is -0.620. The average molecular weight is 262 g/mol. The summed E-state index contributed by atoms with van der Waals surface area (Å²) in [5.41, 5.74) is 5.67. The smallest absolute Gasteiger partial charge is 0.237 e. The molecule has 1 fully saturated rings. The van der Waals surface area contributed by atoms with Gasteiger partial charge in [0.2, 0.25) is 5.91 Å². The third kappa shape index (κ3) is 6.02. The standard InChI is InChI=1S/C11H22N2O3S/c1-17(15,16)8-7-10(12)11(14)13-9-5-3-2-4-6-9/h9-10H,2-8,12H2,1H3,(H,13,14). The summed E-state index contributed by atoms with van der Waals surface area (Å²) in [7, 11) is -3.05. The molecule has 1 rings (SSSR count). The second-order valence-corrected chi connectivity index (χ2v) is 7.13. The Bertz CT molecular complexity index is 348. The molecule has 3 N–H and O–H groups in total. The molecule has 0 aliphatic heterocycles. The van der Waals surface area contributed by atoms with Crippen LogP contribution in [0.2, 0.25) is 0 Å². The van der Waals surface area contributed by atoms with Gasteiger partial charge in [-0.25, -0.2) is 8.42 Å². The first kappa shape index (κ1) is 14.4. The molecule has 0 spiro atoms. The van der Waals surface area contributed by atoms with Crippen LogP contribution in [0.5, 0.6) is 0 Å². The van der Waals surface area contributed by atoms with Crippen LogP contribution in [0.1, 0.15) is 38.5 Å². The van der Waals surface area contributed by atoms with Gasteiger partial charge >= 0.3 is 0 Å². The number of amides is 1. The van der Waals surface area contributed by atoms with Crippen LogP contribution in [0.3, 0.4) is 0 Å². The minimum Gasteiger partial charge on any atom is -0.352 e. The molecule has 1 atom stereocenters. The molecular weight excluding hydrogens is 240 g/mol. The lowest BCUT2D eigenvalue weighted by Crippen LogP contribution is -2.46. The number of carbonyl (C=O) groups is 1. The van der Waals surface area contributed by atoms with Crippen molar-refractivity contribution in [3.63, 3.8) is 0 Å². The van der Waals surface area contributed by atoms with E-state index in [2.05, 4.69) is 5.32 Å². The highest BCUT2D eigenvalue weighted by atomic mass is 32.2. The summed E-state index contributed by atoms with van der Waals surface area (Å²) in [6, 6.07) is -0.493. The fourth-order valence-electron chi connectivity index (χ4n) is 2.03. The van der Waals surface area contributed by atoms with Crippen molar-refractivity contribution in [3.8, 4) is 0 Å². The lowest BCUT2D eigenvalue weighted by atomic mass is 9.95. The molecule has 1 amide bonds. The Labute approximate surface area is 103 Å². The van der Waals surface area contributed by atoms with E-state index in [4.69, 9.17) is 5.73 Å². The Balaban J connectivity index is 2.30. The molecule has 0 aromatic carbocycles. The molecule has 1 aliphatic rings. The summed E-state index contributed by atoms with van der Waals surface area (Å²) < 4.78 is 21.9. The fraction of sp³-hybridized carbons (Fsp3) is 0.909. The molecule has 5 nitrogen and oxygen atoms in total. The normalized spacial score (nSPS) is 19.9. The lowest BCUT2D eigenvalue weighted by Gasteiger charge is -2.24. The van der Waals surface area contributed by atoms with Crippen LogP contribution in [-0.4, -0.2) is 38.4 Å². The molecule has 1 aliphatic carbocycles. The molecule has 0 radical (unpaired) electrons. The van der Waals surface area contributed by atoms with Gasteiger partial charge in [0.05, 0.1) is 11.8 Å². The maximum atomic E-state index is 11.7. The number of hydrogen-bond acceptors (Lipinski definition) is 4. The molecule has 0 saturated heterocycles. The highest BCUT2D eigenvalue weighted by Gasteiger charge is 2.20. The van der Waals surface area contributed by atoms with E-state index in [1.54, 1.807) is 0 Å². The van der Waals surface area contributed by atoms with E-state index >= 15 is 0 Å². The third-order valence-electron chi connectivity index (χ3n) is 3.09. The molecule has 0 aromatic heterocycles. The maximum absolute atomic E-state index is 11.7. The van der Waals surface area contributed by atoms with E-state index in [1.807, 2.05) is 0 Å². The summed E-state index contributed by atoms with van der Waals surface area (Å²) in [6.07, 6.45) is 6.87. The van der Waals surface area contributed by atoms with Gasteiger partial charge in [0.1, 0.15) is 9.84 Å². The van der Waals surface area contributed by atoms with Crippen molar-refractivity contribution in [2.75, 3.05) is 12.0 Å². The summed E-state index contributed by atoms with van der Waals surface area (Å²) in [6.45, 7) is 0. The molecule has 1 unspecified atom stereocenters. The van der Waals surface area contributed by atoms with E-state index in [9.17, 15) is 13.2 Å². The summed E-state index contributed by atoms with van der Waals surface area (Å²) in [4.78, 5) is 11.7. The maximum Gasteiger partial charge on any atom is 0.237 e. The summed E-state index contributed by atoms with van der Waals surface area (Å²) >= 11 is 0. The first-order valence-corrected chi connectivity index (χ1v) is 8.18. The van der Waals surface area contributed by atoms with Crippen molar-refractivity contribution >= 4 is 15.7 Å². The van der Waals surface area contributed by atoms with Crippen LogP contribution in [0.25, 0.3) is 0 Å². The van der Waals surface area contributed by atoms with Crippen LogP contribution >= 0.6 is 0 Å². The monoisotopic (exact) mass is 262 g/mol. The predicted molar refractivity (Wildman–Crippen MR) is 67.3 cm³/mol. The van der Waals surface area contributed by atoms with E-state index in [0.29, 0.717) is 0 Å². The molecular formula is C11H22N2O3S. The molecule has 0 aromatic rings. The zero-order valence-corrected chi connectivity index (χ0v) is 11.1. The Morgan fingerprint density at radius 3 is 2.47 bits per heavy atom. The van der Waals surface area contributed by atoms with Gasteiger partial charge in [-0.1, -0.05) is 19.3 Å².